The molecule has 4 rings (SSSR count). The standard InChI is InChI=1S/C28H26F3NO/c1-20-17-24(18-20)26-15-12-23(22-10-13-25(14-11-22)33-28(29,30)31)19-27(26)32-16-6-5-9-21-7-3-2-4-8-21/h2-4,7-8,10-15,17-19,32H,5-6,9,16H2,1H3. The van der Waals surface area contributed by atoms with E-state index >= 15 is 0 Å². The van der Waals surface area contributed by atoms with Crippen molar-refractivity contribution in [3.63, 3.8) is 0 Å². The Morgan fingerprint density at radius 1 is 0.818 bits per heavy atom. The number of alkyl halides is 3. The summed E-state index contributed by atoms with van der Waals surface area (Å²) in [7, 11) is 0. The van der Waals surface area contributed by atoms with Crippen LogP contribution in [0.25, 0.3) is 16.7 Å². The molecule has 0 saturated heterocycles. The summed E-state index contributed by atoms with van der Waals surface area (Å²) in [4.78, 5) is 0. The minimum absolute atomic E-state index is 0.222. The Kier molecular flexibility index (Phi) is 6.87. The van der Waals surface area contributed by atoms with Crippen molar-refractivity contribution in [2.45, 2.75) is 32.5 Å². The van der Waals surface area contributed by atoms with Gasteiger partial charge in [-0.1, -0.05) is 66.7 Å². The second kappa shape index (κ2) is 9.99. The monoisotopic (exact) mass is 449 g/mol. The molecule has 0 atom stereocenters. The second-order valence-electron chi connectivity index (χ2n) is 8.19. The number of hydrogen-bond donors (Lipinski definition) is 1. The molecular weight excluding hydrogens is 423 g/mol. The van der Waals surface area contributed by atoms with Crippen molar-refractivity contribution in [3.05, 3.63) is 102 Å². The lowest BCUT2D eigenvalue weighted by Gasteiger charge is -2.19. The summed E-state index contributed by atoms with van der Waals surface area (Å²) >= 11 is 0. The van der Waals surface area contributed by atoms with E-state index in [2.05, 4.69) is 65.5 Å². The molecule has 0 bridgehead atoms. The predicted molar refractivity (Wildman–Crippen MR) is 128 cm³/mol. The number of unbranched alkanes of at least 4 members (excludes halogenated alkanes) is 1. The van der Waals surface area contributed by atoms with Crippen LogP contribution in [-0.2, 0) is 6.42 Å². The number of rotatable bonds is 9. The number of ether oxygens (including phenoxy) is 1. The van der Waals surface area contributed by atoms with E-state index < -0.39 is 6.36 Å². The predicted octanol–water partition coefficient (Wildman–Crippen LogP) is 8.03. The van der Waals surface area contributed by atoms with Crippen molar-refractivity contribution in [2.75, 3.05) is 11.9 Å². The van der Waals surface area contributed by atoms with Crippen molar-refractivity contribution < 1.29 is 17.9 Å². The Morgan fingerprint density at radius 2 is 1.52 bits per heavy atom. The first-order valence-corrected chi connectivity index (χ1v) is 11.1. The molecule has 0 heterocycles. The Morgan fingerprint density at radius 3 is 2.18 bits per heavy atom. The molecule has 2 nitrogen and oxygen atoms in total. The highest BCUT2D eigenvalue weighted by Gasteiger charge is 2.31. The van der Waals surface area contributed by atoms with Crippen LogP contribution in [0.3, 0.4) is 0 Å². The van der Waals surface area contributed by atoms with Crippen LogP contribution in [0.15, 0.2) is 90.5 Å². The van der Waals surface area contributed by atoms with Crippen LogP contribution in [-0.4, -0.2) is 12.9 Å². The SMILES string of the molecule is CC1=CC(c2ccc(-c3ccc(OC(F)(F)F)cc3)cc2NCCCCc2ccccc2)=C1. The number of anilines is 1. The largest absolute Gasteiger partial charge is 0.573 e. The van der Waals surface area contributed by atoms with Crippen LogP contribution in [0.1, 0.15) is 30.9 Å². The van der Waals surface area contributed by atoms with Gasteiger partial charge >= 0.3 is 6.36 Å². The maximum absolute atomic E-state index is 12.4. The van der Waals surface area contributed by atoms with Gasteiger partial charge in [-0.3, -0.25) is 0 Å². The van der Waals surface area contributed by atoms with Gasteiger partial charge in [-0.25, -0.2) is 0 Å². The molecule has 170 valence electrons. The summed E-state index contributed by atoms with van der Waals surface area (Å²) in [5.74, 6) is -0.222. The van der Waals surface area contributed by atoms with Crippen LogP contribution in [0, 0.1) is 0 Å². The van der Waals surface area contributed by atoms with Crippen molar-refractivity contribution in [1.29, 1.82) is 0 Å². The number of nitrogens with one attached hydrogen (secondary N) is 1. The minimum atomic E-state index is -4.69. The highest BCUT2D eigenvalue weighted by Crippen LogP contribution is 2.35. The second-order valence-corrected chi connectivity index (χ2v) is 8.19. The lowest BCUT2D eigenvalue weighted by molar-refractivity contribution is -0.274. The van der Waals surface area contributed by atoms with E-state index in [1.807, 2.05) is 12.1 Å². The Hall–Kier alpha value is -3.47. The third-order valence-corrected chi connectivity index (χ3v) is 5.57. The van der Waals surface area contributed by atoms with Gasteiger partial charge in [0.2, 0.25) is 0 Å². The van der Waals surface area contributed by atoms with Gasteiger partial charge < -0.3 is 10.1 Å². The van der Waals surface area contributed by atoms with E-state index in [4.69, 9.17) is 0 Å². The molecule has 0 saturated carbocycles. The topological polar surface area (TPSA) is 21.3 Å². The Balaban J connectivity index is 1.45. The highest BCUT2D eigenvalue weighted by atomic mass is 19.4. The maximum atomic E-state index is 12.4. The van der Waals surface area contributed by atoms with Gasteiger partial charge in [0.1, 0.15) is 5.75 Å². The zero-order valence-electron chi connectivity index (χ0n) is 18.5. The lowest BCUT2D eigenvalue weighted by atomic mass is 9.91. The van der Waals surface area contributed by atoms with Crippen LogP contribution < -0.4 is 10.1 Å². The zero-order valence-corrected chi connectivity index (χ0v) is 18.5. The molecule has 3 aromatic rings. The highest BCUT2D eigenvalue weighted by molar-refractivity contribution is 5.90. The first-order valence-electron chi connectivity index (χ1n) is 11.1. The normalized spacial score (nSPS) is 13.1. The van der Waals surface area contributed by atoms with Crippen LogP contribution in [0.5, 0.6) is 5.75 Å². The molecule has 0 radical (unpaired) electrons. The Bertz CT molecular complexity index is 1150. The maximum Gasteiger partial charge on any atom is 0.573 e. The van der Waals surface area contributed by atoms with E-state index in [0.717, 1.165) is 48.2 Å². The van der Waals surface area contributed by atoms with Crippen molar-refractivity contribution in [1.82, 2.24) is 0 Å². The molecule has 1 aliphatic rings. The van der Waals surface area contributed by atoms with Crippen LogP contribution >= 0.6 is 0 Å². The molecular formula is C28H26F3NO. The molecule has 0 aromatic heterocycles. The number of benzene rings is 3. The van der Waals surface area contributed by atoms with Gasteiger partial charge in [0, 0.05) is 17.8 Å². The van der Waals surface area contributed by atoms with E-state index in [9.17, 15) is 13.2 Å². The zero-order chi connectivity index (χ0) is 23.3. The number of aryl methyl sites for hydroxylation is 1. The lowest BCUT2D eigenvalue weighted by Crippen LogP contribution is -2.16. The fourth-order valence-electron chi connectivity index (χ4n) is 3.93. The van der Waals surface area contributed by atoms with Crippen molar-refractivity contribution in [2.24, 2.45) is 0 Å². The first kappa shape index (κ1) is 22.7. The molecule has 0 amide bonds. The molecule has 0 aliphatic heterocycles. The summed E-state index contributed by atoms with van der Waals surface area (Å²) in [5, 5.41) is 3.57. The van der Waals surface area contributed by atoms with Crippen molar-refractivity contribution >= 4 is 11.3 Å². The summed E-state index contributed by atoms with van der Waals surface area (Å²) in [6.45, 7) is 2.91. The van der Waals surface area contributed by atoms with Crippen LogP contribution in [0.2, 0.25) is 0 Å². The van der Waals surface area contributed by atoms with E-state index in [-0.39, 0.29) is 5.75 Å². The van der Waals surface area contributed by atoms with Crippen molar-refractivity contribution in [3.8, 4) is 16.9 Å². The quantitative estimate of drug-likeness (QED) is 0.334. The van der Waals surface area contributed by atoms with Gasteiger partial charge in [0.05, 0.1) is 0 Å². The molecule has 0 unspecified atom stereocenters. The molecule has 0 spiro atoms. The average Bonchev–Trinajstić information content (AvgIpc) is 2.77. The van der Waals surface area contributed by atoms with E-state index in [1.165, 1.54) is 28.8 Å². The third kappa shape index (κ3) is 6.28. The summed E-state index contributed by atoms with van der Waals surface area (Å²) < 4.78 is 41.3. The van der Waals surface area contributed by atoms with Gasteiger partial charge in [0.15, 0.2) is 0 Å². The average molecular weight is 450 g/mol. The fraction of sp³-hybridized carbons (Fsp3) is 0.214. The summed E-state index contributed by atoms with van der Waals surface area (Å²) in [5.41, 5.74) is 7.69. The molecule has 33 heavy (non-hydrogen) atoms. The van der Waals surface area contributed by atoms with Gasteiger partial charge in [-0.2, -0.15) is 0 Å². The first-order chi connectivity index (χ1) is 15.9. The van der Waals surface area contributed by atoms with Gasteiger partial charge in [-0.15, -0.1) is 13.2 Å². The fourth-order valence-corrected chi connectivity index (χ4v) is 3.93. The molecule has 0 fully saturated rings. The molecule has 5 heteroatoms. The molecule has 1 N–H and O–H groups in total. The van der Waals surface area contributed by atoms with Crippen LogP contribution in [0.4, 0.5) is 18.9 Å². The summed E-state index contributed by atoms with van der Waals surface area (Å²) in [6.07, 6.45) is 2.79. The van der Waals surface area contributed by atoms with E-state index in [0.29, 0.717) is 0 Å². The number of hydrogen-bond acceptors (Lipinski definition) is 2. The Labute approximate surface area is 192 Å². The van der Waals surface area contributed by atoms with E-state index in [1.54, 1.807) is 12.1 Å². The molecule has 1 aliphatic carbocycles. The number of halogens is 3. The van der Waals surface area contributed by atoms with Gasteiger partial charge in [-0.05, 0) is 72.2 Å². The molecule has 3 aromatic carbocycles. The van der Waals surface area contributed by atoms with Gasteiger partial charge in [0.25, 0.3) is 0 Å². The third-order valence-electron chi connectivity index (χ3n) is 5.57. The minimum Gasteiger partial charge on any atom is -0.406 e. The number of allylic oxidation sites excluding steroid dienone is 4. The smallest absolute Gasteiger partial charge is 0.406 e. The summed E-state index contributed by atoms with van der Waals surface area (Å²) in [6, 6.07) is 22.6.